The van der Waals surface area contributed by atoms with Crippen molar-refractivity contribution in [1.82, 2.24) is 10.2 Å². The molecule has 1 aromatic rings. The monoisotopic (exact) mass is 342 g/mol. The van der Waals surface area contributed by atoms with Gasteiger partial charge >= 0.3 is 12.1 Å². The van der Waals surface area contributed by atoms with E-state index in [1.165, 1.54) is 17.0 Å². The zero-order chi connectivity index (χ0) is 17.7. The molecule has 1 aliphatic heterocycles. The molecule has 24 heavy (non-hydrogen) atoms. The van der Waals surface area contributed by atoms with E-state index in [1.54, 1.807) is 23.5 Å². The van der Waals surface area contributed by atoms with E-state index in [0.29, 0.717) is 13.1 Å². The van der Waals surface area contributed by atoms with E-state index < -0.39 is 36.2 Å². The maximum absolute atomic E-state index is 12.5. The van der Waals surface area contributed by atoms with Crippen LogP contribution in [0.4, 0.5) is 13.2 Å². The second kappa shape index (κ2) is 7.46. The van der Waals surface area contributed by atoms with Gasteiger partial charge in [0.1, 0.15) is 6.04 Å². The van der Waals surface area contributed by atoms with Crippen molar-refractivity contribution in [1.29, 1.82) is 0 Å². The van der Waals surface area contributed by atoms with Crippen LogP contribution in [-0.2, 0) is 9.59 Å². The maximum Gasteiger partial charge on any atom is 0.471 e. The summed E-state index contributed by atoms with van der Waals surface area (Å²) in [5, 5.41) is 1.66. The lowest BCUT2D eigenvalue weighted by Gasteiger charge is -2.24. The molecule has 1 aromatic carbocycles. The van der Waals surface area contributed by atoms with Crippen LogP contribution in [-0.4, -0.2) is 47.8 Å². The predicted molar refractivity (Wildman–Crippen MR) is 79.2 cm³/mol. The number of ketones is 1. The highest BCUT2D eigenvalue weighted by molar-refractivity contribution is 6.00. The van der Waals surface area contributed by atoms with Crippen molar-refractivity contribution in [3.8, 4) is 0 Å². The molecular formula is C16H17F3N2O3. The number of carbonyl (C=O) groups excluding carboxylic acids is 3. The van der Waals surface area contributed by atoms with Gasteiger partial charge in [-0.05, 0) is 12.8 Å². The summed E-state index contributed by atoms with van der Waals surface area (Å²) in [5.74, 6) is -3.38. The van der Waals surface area contributed by atoms with Crippen molar-refractivity contribution in [3.05, 3.63) is 35.9 Å². The molecule has 5 nitrogen and oxygen atoms in total. The third-order valence-electron chi connectivity index (χ3n) is 3.76. The zero-order valence-corrected chi connectivity index (χ0v) is 12.8. The van der Waals surface area contributed by atoms with Crippen molar-refractivity contribution in [2.75, 3.05) is 13.1 Å². The lowest BCUT2D eigenvalue weighted by molar-refractivity contribution is -0.175. The van der Waals surface area contributed by atoms with Gasteiger partial charge in [-0.2, -0.15) is 13.2 Å². The summed E-state index contributed by atoms with van der Waals surface area (Å²) in [7, 11) is 0. The number of nitrogens with zero attached hydrogens (tertiary/aromatic N) is 1. The van der Waals surface area contributed by atoms with Gasteiger partial charge < -0.3 is 10.2 Å². The van der Waals surface area contributed by atoms with E-state index >= 15 is 0 Å². The van der Waals surface area contributed by atoms with Gasteiger partial charge in [-0.3, -0.25) is 14.4 Å². The van der Waals surface area contributed by atoms with E-state index in [9.17, 15) is 27.6 Å². The molecule has 2 rings (SSSR count). The van der Waals surface area contributed by atoms with Gasteiger partial charge in [0.25, 0.3) is 0 Å². The third kappa shape index (κ3) is 4.56. The van der Waals surface area contributed by atoms with E-state index in [4.69, 9.17) is 0 Å². The van der Waals surface area contributed by atoms with Crippen molar-refractivity contribution >= 4 is 17.6 Å². The van der Waals surface area contributed by atoms with Crippen molar-refractivity contribution in [2.45, 2.75) is 31.5 Å². The molecule has 1 N–H and O–H groups in total. The first-order valence-corrected chi connectivity index (χ1v) is 7.54. The molecule has 130 valence electrons. The summed E-state index contributed by atoms with van der Waals surface area (Å²) in [6.45, 7) is 0.827. The molecule has 1 heterocycles. The highest BCUT2D eigenvalue weighted by Gasteiger charge is 2.42. The van der Waals surface area contributed by atoms with Crippen molar-refractivity contribution in [3.63, 3.8) is 0 Å². The standard InChI is InChI=1S/C16H17F3N2O3/c17-16(18,19)15(24)20-12(14(23)21-8-4-5-9-21)10-13(22)11-6-2-1-3-7-11/h1-3,6-7,12H,4-5,8-10H2,(H,20,24). The van der Waals surface area contributed by atoms with Crippen LogP contribution in [0.5, 0.6) is 0 Å². The van der Waals surface area contributed by atoms with E-state index in [1.807, 2.05) is 0 Å². The molecule has 1 saturated heterocycles. The van der Waals surface area contributed by atoms with Gasteiger partial charge in [-0.15, -0.1) is 0 Å². The summed E-state index contributed by atoms with van der Waals surface area (Å²) < 4.78 is 37.5. The van der Waals surface area contributed by atoms with Crippen molar-refractivity contribution in [2.24, 2.45) is 0 Å². The third-order valence-corrected chi connectivity index (χ3v) is 3.76. The highest BCUT2D eigenvalue weighted by atomic mass is 19.4. The Morgan fingerprint density at radius 2 is 1.67 bits per heavy atom. The molecule has 0 saturated carbocycles. The van der Waals surface area contributed by atoms with Crippen LogP contribution < -0.4 is 5.32 Å². The number of carbonyl (C=O) groups is 3. The lowest BCUT2D eigenvalue weighted by Crippen LogP contribution is -2.52. The molecule has 0 aromatic heterocycles. The fourth-order valence-electron chi connectivity index (χ4n) is 2.53. The van der Waals surface area contributed by atoms with E-state index in [-0.39, 0.29) is 5.56 Å². The number of hydrogen-bond acceptors (Lipinski definition) is 3. The first kappa shape index (κ1) is 18.0. The predicted octanol–water partition coefficient (Wildman–Crippen LogP) is 1.93. The largest absolute Gasteiger partial charge is 0.471 e. The fourth-order valence-corrected chi connectivity index (χ4v) is 2.53. The Bertz CT molecular complexity index is 611. The number of Topliss-reactive ketones (excluding diaryl/α,β-unsaturated/α-hetero) is 1. The highest BCUT2D eigenvalue weighted by Crippen LogP contribution is 2.17. The molecular weight excluding hydrogens is 325 g/mol. The number of hydrogen-bond donors (Lipinski definition) is 1. The van der Waals surface area contributed by atoms with Crippen LogP contribution in [0.25, 0.3) is 0 Å². The van der Waals surface area contributed by atoms with E-state index in [0.717, 1.165) is 12.8 Å². The molecule has 1 atom stereocenters. The Morgan fingerprint density at radius 3 is 2.21 bits per heavy atom. The Balaban J connectivity index is 2.14. The zero-order valence-electron chi connectivity index (χ0n) is 12.8. The first-order valence-electron chi connectivity index (χ1n) is 7.54. The second-order valence-electron chi connectivity index (χ2n) is 5.55. The number of benzene rings is 1. The Morgan fingerprint density at radius 1 is 1.08 bits per heavy atom. The minimum Gasteiger partial charge on any atom is -0.341 e. The minimum atomic E-state index is -5.11. The van der Waals surface area contributed by atoms with Crippen LogP contribution in [0.2, 0.25) is 0 Å². The van der Waals surface area contributed by atoms with Crippen LogP contribution >= 0.6 is 0 Å². The van der Waals surface area contributed by atoms with E-state index in [2.05, 4.69) is 0 Å². The molecule has 2 amide bonds. The molecule has 0 bridgehead atoms. The summed E-state index contributed by atoms with van der Waals surface area (Å²) in [6, 6.07) is 6.40. The van der Waals surface area contributed by atoms with Gasteiger partial charge in [0.2, 0.25) is 5.91 Å². The topological polar surface area (TPSA) is 66.5 Å². The molecule has 8 heteroatoms. The number of halogens is 3. The number of rotatable bonds is 5. The Hall–Kier alpha value is -2.38. The number of amides is 2. The molecule has 1 aliphatic rings. The number of likely N-dealkylation sites (tertiary alicyclic amines) is 1. The first-order chi connectivity index (χ1) is 11.3. The smallest absolute Gasteiger partial charge is 0.341 e. The van der Waals surface area contributed by atoms with Crippen LogP contribution in [0.15, 0.2) is 30.3 Å². The summed E-state index contributed by atoms with van der Waals surface area (Å²) >= 11 is 0. The van der Waals surface area contributed by atoms with Gasteiger partial charge in [0, 0.05) is 25.1 Å². The molecule has 0 aliphatic carbocycles. The van der Waals surface area contributed by atoms with Gasteiger partial charge in [0.05, 0.1) is 0 Å². The molecule has 1 fully saturated rings. The number of nitrogens with one attached hydrogen (secondary N) is 1. The average molecular weight is 342 g/mol. The minimum absolute atomic E-state index is 0.276. The summed E-state index contributed by atoms with van der Waals surface area (Å²) in [4.78, 5) is 37.1. The van der Waals surface area contributed by atoms with Crippen molar-refractivity contribution < 1.29 is 27.6 Å². The van der Waals surface area contributed by atoms with Gasteiger partial charge in [0.15, 0.2) is 5.78 Å². The maximum atomic E-state index is 12.5. The fraction of sp³-hybridized carbons (Fsp3) is 0.438. The molecule has 1 unspecified atom stereocenters. The average Bonchev–Trinajstić information content (AvgIpc) is 3.07. The van der Waals surface area contributed by atoms with Gasteiger partial charge in [-0.25, -0.2) is 0 Å². The molecule has 0 spiro atoms. The summed E-state index contributed by atoms with van der Waals surface area (Å²) in [6.07, 6.45) is -4.13. The quantitative estimate of drug-likeness (QED) is 0.832. The summed E-state index contributed by atoms with van der Waals surface area (Å²) in [5.41, 5.74) is 0.276. The number of alkyl halides is 3. The van der Waals surface area contributed by atoms with Crippen LogP contribution in [0, 0.1) is 0 Å². The van der Waals surface area contributed by atoms with Crippen LogP contribution in [0.1, 0.15) is 29.6 Å². The van der Waals surface area contributed by atoms with Crippen LogP contribution in [0.3, 0.4) is 0 Å². The molecule has 0 radical (unpaired) electrons. The Kier molecular flexibility index (Phi) is 5.58. The normalized spacial score (nSPS) is 15.9. The second-order valence-corrected chi connectivity index (χ2v) is 5.55. The lowest BCUT2D eigenvalue weighted by atomic mass is 10.0. The Labute approximate surface area is 136 Å². The SMILES string of the molecule is O=C(CC(NC(=O)C(F)(F)F)C(=O)N1CCCC1)c1ccccc1. The van der Waals surface area contributed by atoms with Gasteiger partial charge in [-0.1, -0.05) is 30.3 Å².